The van der Waals surface area contributed by atoms with Crippen LogP contribution < -0.4 is 20.9 Å². The van der Waals surface area contributed by atoms with Crippen molar-refractivity contribution in [3.63, 3.8) is 0 Å². The Morgan fingerprint density at radius 2 is 1.80 bits per heavy atom. The van der Waals surface area contributed by atoms with Crippen molar-refractivity contribution in [2.45, 2.75) is 45.2 Å². The minimum atomic E-state index is -0.688. The third-order valence-electron chi connectivity index (χ3n) is 8.51. The van der Waals surface area contributed by atoms with Crippen LogP contribution in [0.4, 0.5) is 21.5 Å². The highest BCUT2D eigenvalue weighted by atomic mass is 19.1. The number of carbonyl (C=O) groups is 3. The van der Waals surface area contributed by atoms with E-state index in [2.05, 4.69) is 38.2 Å². The molecule has 10 heteroatoms. The first-order valence-electron chi connectivity index (χ1n) is 14.6. The Labute approximate surface area is 242 Å². The van der Waals surface area contributed by atoms with Gasteiger partial charge in [0.1, 0.15) is 18.1 Å². The fourth-order valence-electron chi connectivity index (χ4n) is 5.97. The zero-order valence-electron chi connectivity index (χ0n) is 24.2. The van der Waals surface area contributed by atoms with E-state index in [0.29, 0.717) is 36.7 Å². The molecule has 1 atom stereocenters. The minimum Gasteiger partial charge on any atom is -0.399 e. The summed E-state index contributed by atoms with van der Waals surface area (Å²) in [5.41, 5.74) is 9.95. The molecule has 2 heterocycles. The number of carbonyl (C=O) groups excluding carboxylic acids is 3. The van der Waals surface area contributed by atoms with Gasteiger partial charge in [-0.3, -0.25) is 14.5 Å². The van der Waals surface area contributed by atoms with Gasteiger partial charge in [0.05, 0.1) is 5.69 Å². The van der Waals surface area contributed by atoms with Crippen LogP contribution >= 0.6 is 0 Å². The molecule has 0 radical (unpaired) electrons. The van der Waals surface area contributed by atoms with Crippen LogP contribution in [0.1, 0.15) is 36.8 Å². The lowest BCUT2D eigenvalue weighted by molar-refractivity contribution is -0.133. The van der Waals surface area contributed by atoms with Gasteiger partial charge in [0.2, 0.25) is 12.3 Å². The Balaban J connectivity index is 1.30. The molecule has 9 nitrogen and oxygen atoms in total. The molecule has 0 aromatic heterocycles. The minimum absolute atomic E-state index is 0.214. The molecule has 0 saturated carbocycles. The quantitative estimate of drug-likeness (QED) is 0.301. The number of aryl methyl sites for hydroxylation is 1. The number of nitrogens with zero attached hydrogens (tertiary/aromatic N) is 4. The number of piperidine rings is 1. The maximum atomic E-state index is 14.4. The number of nitrogens with two attached hydrogens (primary N) is 1. The van der Waals surface area contributed by atoms with Crippen molar-refractivity contribution in [2.24, 2.45) is 5.92 Å². The number of anilines is 3. The molecule has 0 unspecified atom stereocenters. The molecule has 0 aliphatic carbocycles. The van der Waals surface area contributed by atoms with E-state index in [0.717, 1.165) is 81.8 Å². The summed E-state index contributed by atoms with van der Waals surface area (Å²) in [5.74, 6) is 0.0799. The number of likely N-dealkylation sites (N-methyl/N-ethyl adjacent to an activating group) is 1. The van der Waals surface area contributed by atoms with Gasteiger partial charge >= 0.3 is 0 Å². The van der Waals surface area contributed by atoms with Crippen LogP contribution in [0.5, 0.6) is 0 Å². The van der Waals surface area contributed by atoms with Crippen molar-refractivity contribution in [1.82, 2.24) is 15.1 Å². The fraction of sp³-hybridized carbons (Fsp3) is 0.516. The largest absolute Gasteiger partial charge is 0.399 e. The second kappa shape index (κ2) is 14.3. The number of rotatable bonds is 12. The molecule has 2 fully saturated rings. The third kappa shape index (κ3) is 7.75. The second-order valence-corrected chi connectivity index (χ2v) is 11.2. The number of hydrogen-bond acceptors (Lipinski definition) is 7. The van der Waals surface area contributed by atoms with Crippen LogP contribution in [0.3, 0.4) is 0 Å². The highest BCUT2D eigenvalue weighted by molar-refractivity contribution is 5.83. The summed E-state index contributed by atoms with van der Waals surface area (Å²) in [4.78, 5) is 43.8. The molecule has 2 aromatic carbocycles. The number of nitrogen functional groups attached to an aromatic ring is 1. The summed E-state index contributed by atoms with van der Waals surface area (Å²) in [7, 11) is 1.54. The molecule has 2 saturated heterocycles. The van der Waals surface area contributed by atoms with E-state index < -0.39 is 6.04 Å². The lowest BCUT2D eigenvalue weighted by Crippen LogP contribution is -2.49. The van der Waals surface area contributed by atoms with Gasteiger partial charge in [-0.1, -0.05) is 6.07 Å². The molecule has 0 bridgehead atoms. The molecule has 0 spiro atoms. The molecule has 222 valence electrons. The summed E-state index contributed by atoms with van der Waals surface area (Å²) in [6.45, 7) is 8.84. The summed E-state index contributed by atoms with van der Waals surface area (Å²) >= 11 is 0. The lowest BCUT2D eigenvalue weighted by atomic mass is 9.95. The number of halogens is 1. The average molecular weight is 567 g/mol. The Kier molecular flexibility index (Phi) is 10.6. The Morgan fingerprint density at radius 1 is 1.07 bits per heavy atom. The van der Waals surface area contributed by atoms with Crippen molar-refractivity contribution in [3.8, 4) is 0 Å². The van der Waals surface area contributed by atoms with Gasteiger partial charge < -0.3 is 30.5 Å². The fourth-order valence-corrected chi connectivity index (χ4v) is 5.97. The number of amides is 2. The van der Waals surface area contributed by atoms with E-state index in [-0.39, 0.29) is 18.1 Å². The van der Waals surface area contributed by atoms with Gasteiger partial charge in [-0.25, -0.2) is 4.39 Å². The first kappa shape index (κ1) is 30.3. The Morgan fingerprint density at radius 3 is 2.44 bits per heavy atom. The van der Waals surface area contributed by atoms with E-state index in [9.17, 15) is 18.8 Å². The first-order chi connectivity index (χ1) is 19.8. The molecular formula is C31H43FN6O3. The number of aldehydes is 1. The van der Waals surface area contributed by atoms with Crippen LogP contribution in [0.2, 0.25) is 0 Å². The standard InChI is InChI=1S/C31H43FN6O3/c1-23-5-7-27(18-25(23)21-38(22-40)30(4-3-17-39)31(41)34-2)36-15-13-35(14-16-36)20-24-9-11-37(12-10-24)29-8-6-26(33)19-28(29)32/h5-8,17-19,22,24,30H,3-4,9-16,20-21,33H2,1-2H3,(H,34,41)/t30-/m0/s1. The number of benzene rings is 2. The van der Waals surface area contributed by atoms with Gasteiger partial charge in [0.15, 0.2) is 0 Å². The zero-order chi connectivity index (χ0) is 29.4. The van der Waals surface area contributed by atoms with Crippen molar-refractivity contribution < 1.29 is 18.8 Å². The molecule has 2 amide bonds. The maximum Gasteiger partial charge on any atom is 0.242 e. The van der Waals surface area contributed by atoms with Gasteiger partial charge in [-0.05, 0) is 73.6 Å². The Hall–Kier alpha value is -3.66. The van der Waals surface area contributed by atoms with Crippen LogP contribution in [-0.4, -0.2) is 87.3 Å². The van der Waals surface area contributed by atoms with Crippen LogP contribution in [0, 0.1) is 18.7 Å². The normalized spacial score (nSPS) is 17.2. The predicted octanol–water partition coefficient (Wildman–Crippen LogP) is 2.81. The first-order valence-corrected chi connectivity index (χ1v) is 14.6. The molecule has 2 aliphatic rings. The van der Waals surface area contributed by atoms with Crippen LogP contribution in [-0.2, 0) is 20.9 Å². The molecule has 3 N–H and O–H groups in total. The molecule has 2 aliphatic heterocycles. The predicted molar refractivity (Wildman–Crippen MR) is 160 cm³/mol. The second-order valence-electron chi connectivity index (χ2n) is 11.2. The van der Waals surface area contributed by atoms with E-state index in [1.165, 1.54) is 18.0 Å². The summed E-state index contributed by atoms with van der Waals surface area (Å²) in [6.07, 6.45) is 4.07. The summed E-state index contributed by atoms with van der Waals surface area (Å²) in [6, 6.07) is 10.6. The highest BCUT2D eigenvalue weighted by Crippen LogP contribution is 2.28. The Bertz CT molecular complexity index is 1190. The monoisotopic (exact) mass is 566 g/mol. The maximum absolute atomic E-state index is 14.4. The van der Waals surface area contributed by atoms with E-state index in [1.807, 2.05) is 6.92 Å². The van der Waals surface area contributed by atoms with Crippen molar-refractivity contribution in [3.05, 3.63) is 53.3 Å². The molecular weight excluding hydrogens is 523 g/mol. The van der Waals surface area contributed by atoms with Crippen molar-refractivity contribution in [1.29, 1.82) is 0 Å². The SMILES string of the molecule is CNC(=O)[C@H](CCC=O)N(C=O)Cc1cc(N2CCN(CC3CCN(c4ccc(N)cc4F)CC3)CC2)ccc1C. The smallest absolute Gasteiger partial charge is 0.242 e. The zero-order valence-corrected chi connectivity index (χ0v) is 24.2. The number of piperazine rings is 1. The highest BCUT2D eigenvalue weighted by Gasteiger charge is 2.27. The topological polar surface area (TPSA) is 102 Å². The van der Waals surface area contributed by atoms with E-state index >= 15 is 0 Å². The molecule has 41 heavy (non-hydrogen) atoms. The number of hydrogen-bond donors (Lipinski definition) is 2. The van der Waals surface area contributed by atoms with Crippen molar-refractivity contribution in [2.75, 3.05) is 68.4 Å². The third-order valence-corrected chi connectivity index (χ3v) is 8.51. The number of nitrogens with one attached hydrogen (secondary N) is 1. The van der Waals surface area contributed by atoms with Gasteiger partial charge in [0.25, 0.3) is 0 Å². The molecule has 4 rings (SSSR count). The summed E-state index contributed by atoms with van der Waals surface area (Å²) < 4.78 is 14.4. The summed E-state index contributed by atoms with van der Waals surface area (Å²) in [5, 5.41) is 2.61. The average Bonchev–Trinajstić information content (AvgIpc) is 2.98. The molecule has 2 aromatic rings. The van der Waals surface area contributed by atoms with E-state index in [4.69, 9.17) is 5.73 Å². The van der Waals surface area contributed by atoms with Gasteiger partial charge in [-0.15, -0.1) is 0 Å². The van der Waals surface area contributed by atoms with Crippen LogP contribution in [0.25, 0.3) is 0 Å². The van der Waals surface area contributed by atoms with E-state index in [1.54, 1.807) is 12.1 Å². The van der Waals surface area contributed by atoms with Gasteiger partial charge in [-0.2, -0.15) is 0 Å². The lowest BCUT2D eigenvalue weighted by Gasteiger charge is -2.40. The van der Waals surface area contributed by atoms with Gasteiger partial charge in [0, 0.05) is 77.2 Å². The van der Waals surface area contributed by atoms with Crippen molar-refractivity contribution >= 4 is 35.7 Å². The van der Waals surface area contributed by atoms with Crippen LogP contribution in [0.15, 0.2) is 36.4 Å².